The van der Waals surface area contributed by atoms with Crippen molar-refractivity contribution in [2.24, 2.45) is 0 Å². The number of nitrogens with zero attached hydrogens (tertiary/aromatic N) is 1. The van der Waals surface area contributed by atoms with Crippen molar-refractivity contribution in [3.05, 3.63) is 35.5 Å². The number of ether oxygens (including phenoxy) is 2. The van der Waals surface area contributed by atoms with Crippen LogP contribution in [-0.2, 0) is 9.53 Å². The van der Waals surface area contributed by atoms with Crippen LogP contribution in [0.25, 0.3) is 6.08 Å². The van der Waals surface area contributed by atoms with Crippen LogP contribution in [0.5, 0.6) is 5.75 Å². The van der Waals surface area contributed by atoms with Gasteiger partial charge < -0.3 is 14.8 Å². The van der Waals surface area contributed by atoms with Gasteiger partial charge in [0, 0.05) is 12.2 Å². The lowest BCUT2D eigenvalue weighted by Gasteiger charge is -2.18. The summed E-state index contributed by atoms with van der Waals surface area (Å²) in [6.45, 7) is 1.27. The number of methoxy groups -OCH3 is 1. The van der Waals surface area contributed by atoms with E-state index in [0.717, 1.165) is 25.0 Å². The quantitative estimate of drug-likeness (QED) is 0.679. The molecule has 0 radical (unpaired) electrons. The predicted molar refractivity (Wildman–Crippen MR) is 87.4 cm³/mol. The van der Waals surface area contributed by atoms with Crippen LogP contribution in [0.4, 0.5) is 0 Å². The molecule has 1 aromatic carbocycles. The Morgan fingerprint density at radius 3 is 3.05 bits per heavy atom. The lowest BCUT2D eigenvalue weighted by molar-refractivity contribution is -0.123. The third-order valence-electron chi connectivity index (χ3n) is 3.81. The van der Waals surface area contributed by atoms with Crippen LogP contribution >= 0.6 is 12.2 Å². The first-order valence-electron chi connectivity index (χ1n) is 7.28. The molecule has 3 rings (SSSR count). The summed E-state index contributed by atoms with van der Waals surface area (Å²) in [7, 11) is 1.61. The van der Waals surface area contributed by atoms with Gasteiger partial charge >= 0.3 is 0 Å². The van der Waals surface area contributed by atoms with Gasteiger partial charge in [0.05, 0.1) is 19.8 Å². The summed E-state index contributed by atoms with van der Waals surface area (Å²) in [5.74, 6) is 0.597. The van der Waals surface area contributed by atoms with Gasteiger partial charge in [0.15, 0.2) is 5.11 Å². The van der Waals surface area contributed by atoms with Crippen LogP contribution in [0.3, 0.4) is 0 Å². The van der Waals surface area contributed by atoms with Crippen molar-refractivity contribution in [3.63, 3.8) is 0 Å². The maximum absolute atomic E-state index is 12.5. The normalized spacial score (nSPS) is 23.2. The average Bonchev–Trinajstić information content (AvgIpc) is 3.12. The Kier molecular flexibility index (Phi) is 4.40. The fraction of sp³-hybridized carbons (Fsp3) is 0.375. The van der Waals surface area contributed by atoms with Gasteiger partial charge in [-0.15, -0.1) is 0 Å². The van der Waals surface area contributed by atoms with Crippen molar-refractivity contribution >= 4 is 29.3 Å². The van der Waals surface area contributed by atoms with E-state index in [1.54, 1.807) is 18.1 Å². The number of carbonyl (C=O) groups is 1. The molecule has 0 spiro atoms. The standard InChI is InChI=1S/C16H18N2O3S/c1-20-14-7-3-2-5-11(14)9-13-15(19)18(16(22)17-13)10-12-6-4-8-21-12/h2-3,5,7,9,12H,4,6,8,10H2,1H3,(H,17,22)/b13-9+. The molecule has 0 aromatic heterocycles. The Morgan fingerprint density at radius 1 is 1.50 bits per heavy atom. The second-order valence-electron chi connectivity index (χ2n) is 5.28. The molecule has 2 aliphatic rings. The molecule has 2 heterocycles. The Bertz CT molecular complexity index is 624. The monoisotopic (exact) mass is 318 g/mol. The van der Waals surface area contributed by atoms with Crippen LogP contribution in [0.15, 0.2) is 30.0 Å². The van der Waals surface area contributed by atoms with E-state index in [-0.39, 0.29) is 12.0 Å². The molecule has 22 heavy (non-hydrogen) atoms. The second-order valence-corrected chi connectivity index (χ2v) is 5.67. The van der Waals surface area contributed by atoms with Crippen molar-refractivity contribution in [1.82, 2.24) is 10.2 Å². The molecular formula is C16H18N2O3S. The van der Waals surface area contributed by atoms with Crippen molar-refractivity contribution in [2.75, 3.05) is 20.3 Å². The molecule has 1 atom stereocenters. The SMILES string of the molecule is COc1ccccc1/C=C1/NC(=S)N(CC2CCCO2)C1=O. The highest BCUT2D eigenvalue weighted by Crippen LogP contribution is 2.23. The minimum absolute atomic E-state index is 0.0781. The highest BCUT2D eigenvalue weighted by molar-refractivity contribution is 7.80. The van der Waals surface area contributed by atoms with Gasteiger partial charge in [-0.2, -0.15) is 0 Å². The summed E-state index contributed by atoms with van der Waals surface area (Å²) in [6.07, 6.45) is 3.85. The van der Waals surface area contributed by atoms with Crippen molar-refractivity contribution in [1.29, 1.82) is 0 Å². The number of thiocarbonyl (C=S) groups is 1. The first-order valence-corrected chi connectivity index (χ1v) is 7.69. The molecule has 0 bridgehead atoms. The van der Waals surface area contributed by atoms with Crippen molar-refractivity contribution < 1.29 is 14.3 Å². The number of nitrogens with one attached hydrogen (secondary N) is 1. The maximum Gasteiger partial charge on any atom is 0.276 e. The summed E-state index contributed by atoms with van der Waals surface area (Å²) in [5, 5.41) is 3.42. The number of hydrogen-bond acceptors (Lipinski definition) is 4. The molecule has 1 N–H and O–H groups in total. The van der Waals surface area contributed by atoms with Gasteiger partial charge in [-0.3, -0.25) is 9.69 Å². The van der Waals surface area contributed by atoms with E-state index in [1.807, 2.05) is 24.3 Å². The van der Waals surface area contributed by atoms with E-state index in [9.17, 15) is 4.79 Å². The van der Waals surface area contributed by atoms with Gasteiger partial charge in [-0.1, -0.05) is 18.2 Å². The van der Waals surface area contributed by atoms with Crippen molar-refractivity contribution in [2.45, 2.75) is 18.9 Å². The van der Waals surface area contributed by atoms with Crippen LogP contribution < -0.4 is 10.1 Å². The molecule has 1 amide bonds. The second kappa shape index (κ2) is 6.46. The van der Waals surface area contributed by atoms with Gasteiger partial charge in [-0.25, -0.2) is 0 Å². The Labute approximate surface area is 134 Å². The van der Waals surface area contributed by atoms with E-state index in [1.165, 1.54) is 0 Å². The van der Waals surface area contributed by atoms with Gasteiger partial charge in [0.1, 0.15) is 11.4 Å². The molecule has 0 saturated carbocycles. The van der Waals surface area contributed by atoms with E-state index in [4.69, 9.17) is 21.7 Å². The number of carbonyl (C=O) groups excluding carboxylic acids is 1. The fourth-order valence-corrected chi connectivity index (χ4v) is 2.94. The zero-order valence-electron chi connectivity index (χ0n) is 12.4. The van der Waals surface area contributed by atoms with Crippen LogP contribution in [0, 0.1) is 0 Å². The van der Waals surface area contributed by atoms with Crippen LogP contribution in [-0.4, -0.2) is 42.3 Å². The minimum atomic E-state index is -0.119. The van der Waals surface area contributed by atoms with E-state index < -0.39 is 0 Å². The lowest BCUT2D eigenvalue weighted by atomic mass is 10.1. The molecule has 116 valence electrons. The predicted octanol–water partition coefficient (Wildman–Crippen LogP) is 1.93. The molecule has 2 saturated heterocycles. The largest absolute Gasteiger partial charge is 0.496 e. The van der Waals surface area contributed by atoms with Gasteiger partial charge in [0.2, 0.25) is 0 Å². The van der Waals surface area contributed by atoms with E-state index in [0.29, 0.717) is 23.1 Å². The number of hydrogen-bond donors (Lipinski definition) is 1. The summed E-state index contributed by atoms with van der Waals surface area (Å²) in [5.41, 5.74) is 1.30. The minimum Gasteiger partial charge on any atom is -0.496 e. The molecule has 0 aliphatic carbocycles. The number of amides is 1. The molecular weight excluding hydrogens is 300 g/mol. The highest BCUT2D eigenvalue weighted by atomic mass is 32.1. The van der Waals surface area contributed by atoms with Gasteiger partial charge in [0.25, 0.3) is 5.91 Å². The maximum atomic E-state index is 12.5. The molecule has 1 unspecified atom stereocenters. The summed E-state index contributed by atoms with van der Waals surface area (Å²) < 4.78 is 10.9. The number of rotatable bonds is 4. The Balaban J connectivity index is 1.79. The molecule has 2 aliphatic heterocycles. The van der Waals surface area contributed by atoms with Gasteiger partial charge in [-0.05, 0) is 37.2 Å². The van der Waals surface area contributed by atoms with E-state index >= 15 is 0 Å². The number of benzene rings is 1. The smallest absolute Gasteiger partial charge is 0.276 e. The van der Waals surface area contributed by atoms with Crippen molar-refractivity contribution in [3.8, 4) is 5.75 Å². The van der Waals surface area contributed by atoms with Crippen LogP contribution in [0.2, 0.25) is 0 Å². The Morgan fingerprint density at radius 2 is 2.32 bits per heavy atom. The molecule has 5 nitrogen and oxygen atoms in total. The van der Waals surface area contributed by atoms with E-state index in [2.05, 4.69) is 5.32 Å². The molecule has 2 fully saturated rings. The number of para-hydroxylation sites is 1. The third kappa shape index (κ3) is 2.98. The topological polar surface area (TPSA) is 50.8 Å². The summed E-state index contributed by atoms with van der Waals surface area (Å²) >= 11 is 5.27. The summed E-state index contributed by atoms with van der Waals surface area (Å²) in [6, 6.07) is 7.54. The highest BCUT2D eigenvalue weighted by Gasteiger charge is 2.33. The molecule has 1 aromatic rings. The average molecular weight is 318 g/mol. The first-order chi connectivity index (χ1) is 10.7. The van der Waals surface area contributed by atoms with Crippen LogP contribution in [0.1, 0.15) is 18.4 Å². The zero-order valence-corrected chi connectivity index (χ0v) is 13.2. The first kappa shape index (κ1) is 15.0. The molecule has 6 heteroatoms. The zero-order chi connectivity index (χ0) is 15.5. The Hall–Kier alpha value is -1.92. The summed E-state index contributed by atoms with van der Waals surface area (Å²) in [4.78, 5) is 14.1. The lowest BCUT2D eigenvalue weighted by Crippen LogP contribution is -2.37. The third-order valence-corrected chi connectivity index (χ3v) is 4.13. The fourth-order valence-electron chi connectivity index (χ4n) is 2.67.